The van der Waals surface area contributed by atoms with Gasteiger partial charge in [-0.1, -0.05) is 35.5 Å². The van der Waals surface area contributed by atoms with Crippen molar-refractivity contribution in [1.82, 2.24) is 7.42 Å². The van der Waals surface area contributed by atoms with E-state index in [1.54, 1.807) is 6.07 Å². The topological polar surface area (TPSA) is 143 Å². The summed E-state index contributed by atoms with van der Waals surface area (Å²) in [6.45, 7) is -0.950. The maximum absolute atomic E-state index is 12.2. The van der Waals surface area contributed by atoms with Gasteiger partial charge in [-0.05, 0) is 17.7 Å². The van der Waals surface area contributed by atoms with Crippen molar-refractivity contribution in [2.75, 3.05) is 31.6 Å². The highest BCUT2D eigenvalue weighted by molar-refractivity contribution is 9.10. The van der Waals surface area contributed by atoms with E-state index in [1.807, 2.05) is 0 Å². The fourth-order valence-electron chi connectivity index (χ4n) is 2.37. The third kappa shape index (κ3) is 6.76. The van der Waals surface area contributed by atoms with Gasteiger partial charge in [0, 0.05) is 4.47 Å². The van der Waals surface area contributed by atoms with Crippen molar-refractivity contribution in [3.63, 3.8) is 0 Å². The van der Waals surface area contributed by atoms with Crippen LogP contribution in [0.3, 0.4) is 0 Å². The van der Waals surface area contributed by atoms with Crippen LogP contribution in [0, 0.1) is 0 Å². The minimum Gasteiger partial charge on any atom is -0.212 e. The van der Waals surface area contributed by atoms with Gasteiger partial charge in [-0.2, -0.15) is 0 Å². The molecule has 0 saturated heterocycles. The minimum atomic E-state index is -4.41. The van der Waals surface area contributed by atoms with E-state index < -0.39 is 52.7 Å². The van der Waals surface area contributed by atoms with Crippen molar-refractivity contribution < 1.29 is 33.7 Å². The normalized spacial score (nSPS) is 15.2. The van der Waals surface area contributed by atoms with E-state index in [9.17, 15) is 33.7 Å². The van der Waals surface area contributed by atoms with Crippen LogP contribution >= 0.6 is 15.9 Å². The van der Waals surface area contributed by atoms with Crippen LogP contribution in [0.25, 0.3) is 0 Å². The molecule has 0 amide bonds. The van der Waals surface area contributed by atoms with E-state index in [-0.39, 0.29) is 13.0 Å². The van der Waals surface area contributed by atoms with Crippen LogP contribution in [0.1, 0.15) is 11.6 Å². The first-order valence-corrected chi connectivity index (χ1v) is 15.2. The van der Waals surface area contributed by atoms with Crippen LogP contribution in [0.4, 0.5) is 0 Å². The van der Waals surface area contributed by atoms with Gasteiger partial charge in [0.15, 0.2) is 0 Å². The molecular formula is C12H19BrN2O8S4. The number of rotatable bonds is 8. The van der Waals surface area contributed by atoms with Crippen LogP contribution in [0.5, 0.6) is 0 Å². The highest BCUT2D eigenvalue weighted by atomic mass is 79.9. The number of halogens is 1. The lowest BCUT2D eigenvalue weighted by Gasteiger charge is -2.31. The molecule has 0 heterocycles. The fraction of sp³-hybridized carbons (Fsp3) is 0.500. The summed E-state index contributed by atoms with van der Waals surface area (Å²) in [5, 5.41) is 0. The smallest absolute Gasteiger partial charge is 0.212 e. The molecule has 0 aliphatic rings. The average molecular weight is 527 g/mol. The summed E-state index contributed by atoms with van der Waals surface area (Å²) in [4.78, 5) is 0. The molecule has 10 nitrogen and oxygen atoms in total. The first kappa shape index (κ1) is 24.5. The third-order valence-corrected chi connectivity index (χ3v) is 10.5. The molecule has 1 atom stereocenters. The molecule has 1 aromatic carbocycles. The van der Waals surface area contributed by atoms with E-state index in [2.05, 4.69) is 15.9 Å². The second-order valence-electron chi connectivity index (χ2n) is 5.80. The zero-order chi connectivity index (χ0) is 21.4. The van der Waals surface area contributed by atoms with Gasteiger partial charge in [-0.3, -0.25) is 0 Å². The number of benzene rings is 1. The monoisotopic (exact) mass is 526 g/mol. The van der Waals surface area contributed by atoms with Crippen molar-refractivity contribution in [3.8, 4) is 0 Å². The lowest BCUT2D eigenvalue weighted by Crippen LogP contribution is -2.46. The predicted molar refractivity (Wildman–Crippen MR) is 105 cm³/mol. The van der Waals surface area contributed by atoms with Crippen molar-refractivity contribution >= 4 is 56.0 Å². The van der Waals surface area contributed by atoms with Crippen molar-refractivity contribution in [3.05, 3.63) is 34.3 Å². The summed E-state index contributed by atoms with van der Waals surface area (Å²) in [5.74, 6) is 0. The SMILES string of the molecule is CS(=O)(=O)N(C[C@H](c1cccc(Br)c1)N(S(C)(=O)=O)S(C)(=O)=O)S(C)(=O)=O. The standard InChI is InChI=1S/C12H19BrN2O8S4/c1-24(16,17)14(25(2,18)19)9-12(10-6-5-7-11(13)8-10)15(26(3,20)21)27(4,22)23/h5-8,12H,9H2,1-4H3/t12-/m1/s1. The Balaban J connectivity index is 3.80. The van der Waals surface area contributed by atoms with Crippen LogP contribution in [0.2, 0.25) is 0 Å². The Morgan fingerprint density at radius 1 is 0.815 bits per heavy atom. The molecule has 0 saturated carbocycles. The quantitative estimate of drug-likeness (QED) is 0.457. The number of nitrogens with zero attached hydrogens (tertiary/aromatic N) is 2. The van der Waals surface area contributed by atoms with Crippen LogP contribution in [0.15, 0.2) is 28.7 Å². The summed E-state index contributed by atoms with van der Waals surface area (Å²) in [6, 6.07) is 4.15. The molecule has 156 valence electrons. The molecule has 0 radical (unpaired) electrons. The van der Waals surface area contributed by atoms with Crippen molar-refractivity contribution in [1.29, 1.82) is 0 Å². The maximum atomic E-state index is 12.2. The lowest BCUT2D eigenvalue weighted by atomic mass is 10.1. The van der Waals surface area contributed by atoms with Gasteiger partial charge < -0.3 is 0 Å². The average Bonchev–Trinajstić information content (AvgIpc) is 2.37. The van der Waals surface area contributed by atoms with Gasteiger partial charge in [0.05, 0.1) is 37.6 Å². The Labute approximate surface area is 168 Å². The molecule has 1 rings (SSSR count). The summed E-state index contributed by atoms with van der Waals surface area (Å²) < 4.78 is 97.1. The highest BCUT2D eigenvalue weighted by Crippen LogP contribution is 2.30. The molecule has 0 bridgehead atoms. The Bertz CT molecular complexity index is 1060. The van der Waals surface area contributed by atoms with Gasteiger partial charge in [0.1, 0.15) is 0 Å². The van der Waals surface area contributed by atoms with E-state index >= 15 is 0 Å². The van der Waals surface area contributed by atoms with E-state index in [1.165, 1.54) is 18.2 Å². The second kappa shape index (κ2) is 8.04. The zero-order valence-corrected chi connectivity index (χ0v) is 19.6. The van der Waals surface area contributed by atoms with Gasteiger partial charge in [-0.25, -0.2) is 33.7 Å². The molecule has 0 aromatic heterocycles. The Kier molecular flexibility index (Phi) is 7.28. The Morgan fingerprint density at radius 2 is 1.26 bits per heavy atom. The first-order chi connectivity index (χ1) is 11.8. The van der Waals surface area contributed by atoms with Crippen molar-refractivity contribution in [2.45, 2.75) is 6.04 Å². The van der Waals surface area contributed by atoms with E-state index in [0.29, 0.717) is 29.5 Å². The molecule has 1 aromatic rings. The maximum Gasteiger partial charge on any atom is 0.224 e. The summed E-state index contributed by atoms with van der Waals surface area (Å²) in [5.41, 5.74) is 0.0810. The largest absolute Gasteiger partial charge is 0.224 e. The van der Waals surface area contributed by atoms with Gasteiger partial charge in [0.25, 0.3) is 0 Å². The fourth-order valence-corrected chi connectivity index (χ4v) is 8.85. The first-order valence-electron chi connectivity index (χ1n) is 6.98. The summed E-state index contributed by atoms with van der Waals surface area (Å²) >= 11 is 3.16. The third-order valence-electron chi connectivity index (χ3n) is 3.20. The highest BCUT2D eigenvalue weighted by Gasteiger charge is 2.40. The van der Waals surface area contributed by atoms with Gasteiger partial charge in [-0.15, -0.1) is 0 Å². The Morgan fingerprint density at radius 3 is 1.59 bits per heavy atom. The molecule has 27 heavy (non-hydrogen) atoms. The lowest BCUT2D eigenvalue weighted by molar-refractivity contribution is 0.388. The van der Waals surface area contributed by atoms with E-state index in [0.717, 1.165) is 0 Å². The van der Waals surface area contributed by atoms with Crippen LogP contribution in [-0.4, -0.2) is 72.7 Å². The molecule has 0 aliphatic carbocycles. The molecular weight excluding hydrogens is 508 g/mol. The molecule has 0 aliphatic heterocycles. The van der Waals surface area contributed by atoms with Crippen LogP contribution in [-0.2, 0) is 40.1 Å². The zero-order valence-electron chi connectivity index (χ0n) is 14.8. The number of hydrogen-bond donors (Lipinski definition) is 0. The number of sulfonamides is 4. The molecule has 15 heteroatoms. The van der Waals surface area contributed by atoms with Gasteiger partial charge >= 0.3 is 0 Å². The van der Waals surface area contributed by atoms with Gasteiger partial charge in [0.2, 0.25) is 40.1 Å². The van der Waals surface area contributed by atoms with Crippen molar-refractivity contribution in [2.24, 2.45) is 0 Å². The molecule has 0 unspecified atom stereocenters. The molecule has 0 N–H and O–H groups in total. The summed E-state index contributed by atoms with van der Waals surface area (Å²) in [6.07, 6.45) is 2.50. The van der Waals surface area contributed by atoms with Crippen LogP contribution < -0.4 is 0 Å². The summed E-state index contributed by atoms with van der Waals surface area (Å²) in [7, 11) is -17.5. The Hall–Kier alpha value is -0.580. The predicted octanol–water partition coefficient (Wildman–Crippen LogP) is -0.0674. The molecule has 0 spiro atoms. The molecule has 0 fully saturated rings. The number of hydrogen-bond acceptors (Lipinski definition) is 8. The van der Waals surface area contributed by atoms with E-state index in [4.69, 9.17) is 0 Å². The second-order valence-corrected chi connectivity index (χ2v) is 14.7. The minimum absolute atomic E-state index is 0.0644.